The second kappa shape index (κ2) is 7.07. The van der Waals surface area contributed by atoms with Crippen LogP contribution in [0.5, 0.6) is 5.88 Å². The second-order valence-corrected chi connectivity index (χ2v) is 5.14. The average molecular weight is 355 g/mol. The fourth-order valence-electron chi connectivity index (χ4n) is 1.53. The van der Waals surface area contributed by atoms with Gasteiger partial charge in [-0.3, -0.25) is 0 Å². The molecule has 0 unspecified atom stereocenters. The molecule has 0 saturated heterocycles. The van der Waals surface area contributed by atoms with Crippen LogP contribution in [0.15, 0.2) is 28.7 Å². The summed E-state index contributed by atoms with van der Waals surface area (Å²) in [7, 11) is 0. The topological polar surface area (TPSA) is 92.3 Å². The zero-order valence-electron chi connectivity index (χ0n) is 11.5. The molecule has 0 amide bonds. The minimum atomic E-state index is -0.835. The van der Waals surface area contributed by atoms with Gasteiger partial charge in [0.2, 0.25) is 0 Å². The van der Waals surface area contributed by atoms with Gasteiger partial charge in [-0.25, -0.2) is 4.79 Å². The molecule has 0 aliphatic heterocycles. The normalized spacial score (nSPS) is 10.4. The predicted molar refractivity (Wildman–Crippen MR) is 80.4 cm³/mol. The minimum absolute atomic E-state index is 0.0700. The van der Waals surface area contributed by atoms with E-state index in [9.17, 15) is 4.79 Å². The molecule has 8 heteroatoms. The highest BCUT2D eigenvalue weighted by Crippen LogP contribution is 2.22. The SMILES string of the molecule is CCCCOC(=O)Oc1nnn(-c2ccc(Br)cc2)c1N. The third kappa shape index (κ3) is 3.94. The van der Waals surface area contributed by atoms with E-state index >= 15 is 0 Å². The molecule has 2 N–H and O–H groups in total. The van der Waals surface area contributed by atoms with E-state index in [0.29, 0.717) is 12.3 Å². The van der Waals surface area contributed by atoms with Gasteiger partial charge in [0.25, 0.3) is 5.88 Å². The molecule has 1 aromatic heterocycles. The highest BCUT2D eigenvalue weighted by atomic mass is 79.9. The van der Waals surface area contributed by atoms with E-state index in [-0.39, 0.29) is 11.7 Å². The van der Waals surface area contributed by atoms with Crippen LogP contribution in [0.3, 0.4) is 0 Å². The number of halogens is 1. The average Bonchev–Trinajstić information content (AvgIpc) is 2.82. The number of anilines is 1. The molecule has 0 atom stereocenters. The molecule has 1 heterocycles. The number of carbonyl (C=O) groups excluding carboxylic acids is 1. The third-order valence-corrected chi connectivity index (χ3v) is 3.17. The number of carbonyl (C=O) groups is 1. The van der Waals surface area contributed by atoms with Crippen molar-refractivity contribution in [2.75, 3.05) is 12.3 Å². The molecule has 2 aromatic rings. The number of ether oxygens (including phenoxy) is 2. The van der Waals surface area contributed by atoms with Crippen molar-refractivity contribution >= 4 is 27.9 Å². The van der Waals surface area contributed by atoms with Gasteiger partial charge in [-0.05, 0) is 30.7 Å². The van der Waals surface area contributed by atoms with Gasteiger partial charge in [-0.2, -0.15) is 4.68 Å². The molecule has 0 saturated carbocycles. The number of aromatic nitrogens is 3. The van der Waals surface area contributed by atoms with Crippen LogP contribution < -0.4 is 10.5 Å². The van der Waals surface area contributed by atoms with Gasteiger partial charge >= 0.3 is 6.16 Å². The molecule has 0 aliphatic carbocycles. The van der Waals surface area contributed by atoms with Crippen molar-refractivity contribution in [2.24, 2.45) is 0 Å². The van der Waals surface area contributed by atoms with Crippen LogP contribution in [-0.2, 0) is 4.74 Å². The van der Waals surface area contributed by atoms with Crippen molar-refractivity contribution in [1.82, 2.24) is 15.0 Å². The van der Waals surface area contributed by atoms with Crippen molar-refractivity contribution < 1.29 is 14.3 Å². The molecule has 112 valence electrons. The highest BCUT2D eigenvalue weighted by molar-refractivity contribution is 9.10. The summed E-state index contributed by atoms with van der Waals surface area (Å²) in [4.78, 5) is 11.4. The fraction of sp³-hybridized carbons (Fsp3) is 0.308. The van der Waals surface area contributed by atoms with Crippen molar-refractivity contribution in [2.45, 2.75) is 19.8 Å². The molecule has 1 aromatic carbocycles. The van der Waals surface area contributed by atoms with Crippen LogP contribution in [0.1, 0.15) is 19.8 Å². The molecular weight excluding hydrogens is 340 g/mol. The van der Waals surface area contributed by atoms with Crippen molar-refractivity contribution in [3.05, 3.63) is 28.7 Å². The maximum atomic E-state index is 11.4. The maximum Gasteiger partial charge on any atom is 0.515 e. The Labute approximate surface area is 130 Å². The molecule has 0 spiro atoms. The lowest BCUT2D eigenvalue weighted by Crippen LogP contribution is -2.12. The van der Waals surface area contributed by atoms with Gasteiger partial charge in [0.1, 0.15) is 0 Å². The molecule has 0 radical (unpaired) electrons. The number of unbranched alkanes of at least 4 members (excludes halogenated alkanes) is 1. The summed E-state index contributed by atoms with van der Waals surface area (Å²) in [6, 6.07) is 7.29. The maximum absolute atomic E-state index is 11.4. The number of hydrogen-bond donors (Lipinski definition) is 1. The summed E-state index contributed by atoms with van der Waals surface area (Å²) in [5.41, 5.74) is 6.58. The number of nitrogens with zero attached hydrogens (tertiary/aromatic N) is 3. The summed E-state index contributed by atoms with van der Waals surface area (Å²) in [5, 5.41) is 7.59. The van der Waals surface area contributed by atoms with Crippen LogP contribution in [-0.4, -0.2) is 27.8 Å². The number of hydrogen-bond acceptors (Lipinski definition) is 6. The molecular formula is C13H15BrN4O3. The Morgan fingerprint density at radius 1 is 1.38 bits per heavy atom. The van der Waals surface area contributed by atoms with Gasteiger partial charge in [0.05, 0.1) is 12.3 Å². The highest BCUT2D eigenvalue weighted by Gasteiger charge is 2.16. The van der Waals surface area contributed by atoms with E-state index in [1.165, 1.54) is 4.68 Å². The Morgan fingerprint density at radius 2 is 2.10 bits per heavy atom. The molecule has 0 aliphatic rings. The van der Waals surface area contributed by atoms with Crippen LogP contribution in [0.2, 0.25) is 0 Å². The standard InChI is InChI=1S/C13H15BrN4O3/c1-2-3-8-20-13(19)21-12-11(15)18(17-16-12)10-6-4-9(14)5-7-10/h4-7H,2-3,8,15H2,1H3. The van der Waals surface area contributed by atoms with E-state index in [0.717, 1.165) is 17.3 Å². The first kappa shape index (κ1) is 15.3. The monoisotopic (exact) mass is 354 g/mol. The number of rotatable bonds is 5. The van der Waals surface area contributed by atoms with Gasteiger partial charge in [0, 0.05) is 4.47 Å². The molecule has 2 rings (SSSR count). The lowest BCUT2D eigenvalue weighted by atomic mass is 10.3. The van der Waals surface area contributed by atoms with Gasteiger partial charge in [-0.15, -0.1) is 0 Å². The third-order valence-electron chi connectivity index (χ3n) is 2.64. The minimum Gasteiger partial charge on any atom is -0.434 e. The first-order chi connectivity index (χ1) is 10.1. The summed E-state index contributed by atoms with van der Waals surface area (Å²) < 4.78 is 12.1. The Morgan fingerprint density at radius 3 is 2.76 bits per heavy atom. The van der Waals surface area contributed by atoms with E-state index in [1.807, 2.05) is 19.1 Å². The molecule has 21 heavy (non-hydrogen) atoms. The van der Waals surface area contributed by atoms with Gasteiger partial charge in [0.15, 0.2) is 5.82 Å². The van der Waals surface area contributed by atoms with E-state index in [2.05, 4.69) is 26.2 Å². The number of nitrogens with two attached hydrogens (primary N) is 1. The first-order valence-electron chi connectivity index (χ1n) is 6.43. The molecule has 0 bridgehead atoms. The summed E-state index contributed by atoms with van der Waals surface area (Å²) >= 11 is 3.34. The largest absolute Gasteiger partial charge is 0.515 e. The first-order valence-corrected chi connectivity index (χ1v) is 7.23. The zero-order valence-corrected chi connectivity index (χ0v) is 13.0. The summed E-state index contributed by atoms with van der Waals surface area (Å²) in [5.74, 6) is 0.0594. The van der Waals surface area contributed by atoms with E-state index in [1.54, 1.807) is 12.1 Å². The van der Waals surface area contributed by atoms with Gasteiger partial charge < -0.3 is 15.2 Å². The van der Waals surface area contributed by atoms with Crippen molar-refractivity contribution in [1.29, 1.82) is 0 Å². The number of benzene rings is 1. The Balaban J connectivity index is 2.06. The van der Waals surface area contributed by atoms with Crippen molar-refractivity contribution in [3.63, 3.8) is 0 Å². The Kier molecular flexibility index (Phi) is 5.15. The summed E-state index contributed by atoms with van der Waals surface area (Å²) in [6.45, 7) is 2.30. The van der Waals surface area contributed by atoms with Crippen LogP contribution in [0.4, 0.5) is 10.6 Å². The molecule has 0 fully saturated rings. The zero-order chi connectivity index (χ0) is 15.2. The van der Waals surface area contributed by atoms with Gasteiger partial charge in [-0.1, -0.05) is 39.6 Å². The lowest BCUT2D eigenvalue weighted by Gasteiger charge is -2.04. The molecule has 7 nitrogen and oxygen atoms in total. The van der Waals surface area contributed by atoms with E-state index in [4.69, 9.17) is 15.2 Å². The fourth-order valence-corrected chi connectivity index (χ4v) is 1.79. The predicted octanol–water partition coefficient (Wildman–Crippen LogP) is 2.93. The second-order valence-electron chi connectivity index (χ2n) is 4.22. The smallest absolute Gasteiger partial charge is 0.434 e. The Hall–Kier alpha value is -2.09. The summed E-state index contributed by atoms with van der Waals surface area (Å²) in [6.07, 6.45) is 0.865. The van der Waals surface area contributed by atoms with Crippen LogP contribution in [0, 0.1) is 0 Å². The Bertz CT molecular complexity index is 612. The van der Waals surface area contributed by atoms with Crippen LogP contribution in [0.25, 0.3) is 5.69 Å². The lowest BCUT2D eigenvalue weighted by molar-refractivity contribution is 0.0965. The van der Waals surface area contributed by atoms with E-state index < -0.39 is 6.16 Å². The van der Waals surface area contributed by atoms with Crippen LogP contribution >= 0.6 is 15.9 Å². The quantitative estimate of drug-likeness (QED) is 0.655. The number of nitrogen functional groups attached to an aromatic ring is 1. The van der Waals surface area contributed by atoms with Crippen molar-refractivity contribution in [3.8, 4) is 11.6 Å².